The molecule has 0 amide bonds. The van der Waals surface area contributed by atoms with Crippen LogP contribution in [0.5, 0.6) is 0 Å². The summed E-state index contributed by atoms with van der Waals surface area (Å²) >= 11 is 7.98. The van der Waals surface area contributed by atoms with Crippen molar-refractivity contribution in [1.29, 1.82) is 5.26 Å². The summed E-state index contributed by atoms with van der Waals surface area (Å²) in [6.45, 7) is 0. The molecule has 0 aliphatic heterocycles. The maximum Gasteiger partial charge on any atom is 0.271 e. The summed E-state index contributed by atoms with van der Waals surface area (Å²) in [7, 11) is 0. The number of alkyl halides is 2. The van der Waals surface area contributed by atoms with Gasteiger partial charge in [-0.05, 0) is 33.6 Å². The molecule has 1 aromatic heterocycles. The van der Waals surface area contributed by atoms with E-state index in [0.717, 1.165) is 6.07 Å². The molecule has 0 saturated carbocycles. The first-order chi connectivity index (χ1) is 6.97. The Morgan fingerprint density at radius 3 is 2.67 bits per heavy atom. The van der Waals surface area contributed by atoms with Crippen molar-refractivity contribution in [2.24, 2.45) is 0 Å². The second kappa shape index (κ2) is 4.64. The number of nitrogens with zero attached hydrogens (tertiary/aromatic N) is 2. The van der Waals surface area contributed by atoms with Crippen LogP contribution in [0.25, 0.3) is 0 Å². The number of pyridine rings is 1. The van der Waals surface area contributed by atoms with Crippen LogP contribution in [0.3, 0.4) is 0 Å². The second-order valence-corrected chi connectivity index (χ2v) is 3.60. The Balaban J connectivity index is 3.56. The normalized spacial score (nSPS) is 10.1. The number of nitriles is 1. The average Bonchev–Trinajstić information content (AvgIpc) is 2.15. The van der Waals surface area contributed by atoms with E-state index in [-0.39, 0.29) is 10.2 Å². The number of hydrogen-bond donors (Lipinski definition) is 0. The van der Waals surface area contributed by atoms with Crippen LogP contribution in [0.1, 0.15) is 28.0 Å². The predicted molar refractivity (Wildman–Crippen MR) is 51.8 cm³/mol. The fourth-order valence-electron chi connectivity index (χ4n) is 0.987. The molecule has 0 radical (unpaired) electrons. The number of carbonyl (C=O) groups is 1. The maximum absolute atomic E-state index is 12.5. The third kappa shape index (κ3) is 2.49. The van der Waals surface area contributed by atoms with Crippen molar-refractivity contribution in [2.75, 3.05) is 0 Å². The molecule has 0 atom stereocenters. The van der Waals surface area contributed by atoms with Gasteiger partial charge < -0.3 is 0 Å². The van der Waals surface area contributed by atoms with Gasteiger partial charge in [-0.15, -0.1) is 0 Å². The van der Waals surface area contributed by atoms with Crippen molar-refractivity contribution >= 4 is 32.8 Å². The molecule has 0 bridgehead atoms. The van der Waals surface area contributed by atoms with Crippen molar-refractivity contribution in [2.45, 2.75) is 6.43 Å². The third-order valence-corrected chi connectivity index (χ3v) is 2.14. The van der Waals surface area contributed by atoms with E-state index in [4.69, 9.17) is 16.9 Å². The quantitative estimate of drug-likeness (QED) is 0.622. The molecule has 15 heavy (non-hydrogen) atoms. The highest BCUT2D eigenvalue weighted by atomic mass is 79.9. The SMILES string of the molecule is N#Cc1cc(Br)nc(C(=O)Cl)c1C(F)F. The van der Waals surface area contributed by atoms with Crippen LogP contribution in [-0.2, 0) is 0 Å². The van der Waals surface area contributed by atoms with Crippen molar-refractivity contribution in [1.82, 2.24) is 4.98 Å². The Morgan fingerprint density at radius 2 is 2.27 bits per heavy atom. The number of halogens is 4. The molecular formula is C8H2BrClF2N2O. The zero-order valence-corrected chi connectivity index (χ0v) is 9.31. The maximum atomic E-state index is 12.5. The van der Waals surface area contributed by atoms with Crippen LogP contribution in [0.4, 0.5) is 8.78 Å². The Kier molecular flexibility index (Phi) is 3.72. The van der Waals surface area contributed by atoms with Crippen molar-refractivity contribution in [3.05, 3.63) is 27.5 Å². The lowest BCUT2D eigenvalue weighted by Crippen LogP contribution is -2.05. The molecule has 1 aromatic rings. The lowest BCUT2D eigenvalue weighted by molar-refractivity contribution is 0.106. The van der Waals surface area contributed by atoms with Gasteiger partial charge in [-0.2, -0.15) is 5.26 Å². The lowest BCUT2D eigenvalue weighted by atomic mass is 10.1. The van der Waals surface area contributed by atoms with Crippen LogP contribution in [-0.4, -0.2) is 10.2 Å². The number of rotatable bonds is 2. The molecule has 0 spiro atoms. The van der Waals surface area contributed by atoms with Gasteiger partial charge in [-0.25, -0.2) is 13.8 Å². The third-order valence-electron chi connectivity index (χ3n) is 1.55. The zero-order chi connectivity index (χ0) is 11.6. The minimum absolute atomic E-state index is 0.104. The Labute approximate surface area is 96.8 Å². The Hall–Kier alpha value is -1.06. The highest BCUT2D eigenvalue weighted by molar-refractivity contribution is 9.10. The molecule has 3 nitrogen and oxygen atoms in total. The summed E-state index contributed by atoms with van der Waals surface area (Å²) in [6, 6.07) is 2.65. The molecule has 1 heterocycles. The van der Waals surface area contributed by atoms with Gasteiger partial charge in [0.25, 0.3) is 11.7 Å². The van der Waals surface area contributed by atoms with Crippen molar-refractivity contribution in [3.63, 3.8) is 0 Å². The minimum Gasteiger partial charge on any atom is -0.274 e. The van der Waals surface area contributed by atoms with E-state index < -0.39 is 22.9 Å². The van der Waals surface area contributed by atoms with E-state index >= 15 is 0 Å². The molecule has 0 unspecified atom stereocenters. The molecule has 0 aliphatic carbocycles. The summed E-state index contributed by atoms with van der Waals surface area (Å²) in [4.78, 5) is 14.3. The molecule has 0 fully saturated rings. The first-order valence-corrected chi connectivity index (χ1v) is 4.73. The fourth-order valence-corrected chi connectivity index (χ4v) is 1.54. The minimum atomic E-state index is -2.97. The monoisotopic (exact) mass is 294 g/mol. The smallest absolute Gasteiger partial charge is 0.271 e. The van der Waals surface area contributed by atoms with E-state index in [0.29, 0.717) is 0 Å². The second-order valence-electron chi connectivity index (χ2n) is 2.44. The molecule has 0 N–H and O–H groups in total. The topological polar surface area (TPSA) is 53.8 Å². The highest BCUT2D eigenvalue weighted by Gasteiger charge is 2.23. The van der Waals surface area contributed by atoms with E-state index in [9.17, 15) is 13.6 Å². The number of hydrogen-bond acceptors (Lipinski definition) is 3. The van der Waals surface area contributed by atoms with Gasteiger partial charge in [0.05, 0.1) is 17.2 Å². The van der Waals surface area contributed by atoms with Gasteiger partial charge in [-0.3, -0.25) is 4.79 Å². The van der Waals surface area contributed by atoms with E-state index in [1.165, 1.54) is 0 Å². The van der Waals surface area contributed by atoms with E-state index in [1.54, 1.807) is 6.07 Å². The largest absolute Gasteiger partial charge is 0.274 e. The number of aromatic nitrogens is 1. The summed E-state index contributed by atoms with van der Waals surface area (Å²) in [5.41, 5.74) is -1.66. The predicted octanol–water partition coefficient (Wildman–Crippen LogP) is 3.03. The van der Waals surface area contributed by atoms with E-state index in [2.05, 4.69) is 20.9 Å². The summed E-state index contributed by atoms with van der Waals surface area (Å²) < 4.78 is 25.2. The standard InChI is InChI=1S/C8H2BrClF2N2O/c9-4-1-3(2-13)5(8(11)12)6(14-4)7(10)15/h1,8H. The van der Waals surface area contributed by atoms with Crippen molar-refractivity contribution in [3.8, 4) is 6.07 Å². The van der Waals surface area contributed by atoms with Crippen LogP contribution < -0.4 is 0 Å². The fraction of sp³-hybridized carbons (Fsp3) is 0.125. The molecular weight excluding hydrogens is 293 g/mol. The van der Waals surface area contributed by atoms with Crippen LogP contribution in [0.15, 0.2) is 10.7 Å². The molecule has 7 heteroatoms. The first kappa shape index (κ1) is 12.0. The van der Waals surface area contributed by atoms with E-state index in [1.807, 2.05) is 0 Å². The van der Waals surface area contributed by atoms with Crippen LogP contribution in [0.2, 0.25) is 0 Å². The van der Waals surface area contributed by atoms with Gasteiger partial charge >= 0.3 is 0 Å². The molecule has 1 rings (SSSR count). The Morgan fingerprint density at radius 1 is 1.67 bits per heavy atom. The van der Waals surface area contributed by atoms with Gasteiger partial charge in [0.15, 0.2) is 0 Å². The summed E-state index contributed by atoms with van der Waals surface area (Å²) in [5.74, 6) is 0. The highest BCUT2D eigenvalue weighted by Crippen LogP contribution is 2.28. The van der Waals surface area contributed by atoms with Crippen LogP contribution in [0, 0.1) is 11.3 Å². The van der Waals surface area contributed by atoms with Gasteiger partial charge in [-0.1, -0.05) is 0 Å². The Bertz CT molecular complexity index is 459. The van der Waals surface area contributed by atoms with Gasteiger partial charge in [0, 0.05) is 0 Å². The van der Waals surface area contributed by atoms with Gasteiger partial charge in [0.1, 0.15) is 10.3 Å². The summed E-state index contributed by atoms with van der Waals surface area (Å²) in [6.07, 6.45) is -2.97. The van der Waals surface area contributed by atoms with Gasteiger partial charge in [0.2, 0.25) is 0 Å². The first-order valence-electron chi connectivity index (χ1n) is 3.56. The summed E-state index contributed by atoms with van der Waals surface area (Å²) in [5, 5.41) is 7.49. The molecule has 78 valence electrons. The number of carbonyl (C=O) groups excluding carboxylic acids is 1. The zero-order valence-electron chi connectivity index (χ0n) is 6.97. The lowest BCUT2D eigenvalue weighted by Gasteiger charge is -2.06. The van der Waals surface area contributed by atoms with Crippen LogP contribution >= 0.6 is 27.5 Å². The molecule has 0 saturated heterocycles. The average molecular weight is 295 g/mol. The molecule has 0 aromatic carbocycles. The van der Waals surface area contributed by atoms with Crippen molar-refractivity contribution < 1.29 is 13.6 Å². The molecule has 0 aliphatic rings.